The minimum absolute atomic E-state index is 0.133. The van der Waals surface area contributed by atoms with Gasteiger partial charge in [-0.25, -0.2) is 0 Å². The monoisotopic (exact) mass is 203 g/mol. The Morgan fingerprint density at radius 3 is 2.75 bits per heavy atom. The van der Waals surface area contributed by atoms with Crippen molar-refractivity contribution in [3.63, 3.8) is 0 Å². The molecule has 0 bridgehead atoms. The fourth-order valence-corrected chi connectivity index (χ4v) is 2.97. The fourth-order valence-electron chi connectivity index (χ4n) is 1.62. The molecule has 0 aliphatic heterocycles. The lowest BCUT2D eigenvalue weighted by Crippen LogP contribution is -2.48. The quantitative estimate of drug-likeness (QED) is 0.730. The average molecular weight is 204 g/mol. The molecule has 1 aliphatic carbocycles. The first-order valence-corrected chi connectivity index (χ1v) is 5.09. The zero-order chi connectivity index (χ0) is 8.77. The van der Waals surface area contributed by atoms with Gasteiger partial charge in [-0.1, -0.05) is 11.6 Å². The highest BCUT2D eigenvalue weighted by Crippen LogP contribution is 2.45. The summed E-state index contributed by atoms with van der Waals surface area (Å²) in [6, 6.07) is 1.94. The molecule has 66 valence electrons. The Labute approximate surface area is 80.0 Å². The second-order valence-corrected chi connectivity index (χ2v) is 4.62. The molecular weight excluding hydrogens is 194 g/mol. The van der Waals surface area contributed by atoms with Gasteiger partial charge in [0.1, 0.15) is 5.60 Å². The Hall–Kier alpha value is -0.0900. The van der Waals surface area contributed by atoms with Crippen LogP contribution >= 0.6 is 22.9 Å². The second kappa shape index (κ2) is 2.70. The maximum absolute atomic E-state index is 9.97. The summed E-state index contributed by atoms with van der Waals surface area (Å²) >= 11 is 7.39. The van der Waals surface area contributed by atoms with E-state index >= 15 is 0 Å². The second-order valence-electron chi connectivity index (χ2n) is 3.30. The molecule has 1 heterocycles. The predicted octanol–water partition coefficient (Wildman–Crippen LogP) is 1.71. The molecule has 0 aromatic carbocycles. The van der Waals surface area contributed by atoms with Gasteiger partial charge in [-0.3, -0.25) is 0 Å². The average Bonchev–Trinajstić information content (AvgIpc) is 2.32. The van der Waals surface area contributed by atoms with E-state index in [1.807, 2.05) is 11.4 Å². The molecule has 0 amide bonds. The van der Waals surface area contributed by atoms with Crippen molar-refractivity contribution in [2.45, 2.75) is 24.5 Å². The highest BCUT2D eigenvalue weighted by atomic mass is 35.5. The van der Waals surface area contributed by atoms with Gasteiger partial charge < -0.3 is 10.8 Å². The minimum Gasteiger partial charge on any atom is -0.384 e. The van der Waals surface area contributed by atoms with Gasteiger partial charge in [-0.15, -0.1) is 11.3 Å². The zero-order valence-corrected chi connectivity index (χ0v) is 8.03. The van der Waals surface area contributed by atoms with Crippen molar-refractivity contribution >= 4 is 22.9 Å². The largest absolute Gasteiger partial charge is 0.384 e. The van der Waals surface area contributed by atoms with E-state index in [1.54, 1.807) is 0 Å². The van der Waals surface area contributed by atoms with Crippen LogP contribution in [0.3, 0.4) is 0 Å². The van der Waals surface area contributed by atoms with Crippen LogP contribution in [0.4, 0.5) is 0 Å². The third kappa shape index (κ3) is 1.17. The fraction of sp³-hybridized carbons (Fsp3) is 0.500. The normalized spacial score (nSPS) is 34.8. The van der Waals surface area contributed by atoms with Crippen molar-refractivity contribution in [1.29, 1.82) is 0 Å². The lowest BCUT2D eigenvalue weighted by molar-refractivity contribution is -0.0489. The van der Waals surface area contributed by atoms with E-state index in [1.165, 1.54) is 11.3 Å². The first kappa shape index (κ1) is 8.51. The third-order valence-electron chi connectivity index (χ3n) is 2.24. The molecule has 1 saturated carbocycles. The summed E-state index contributed by atoms with van der Waals surface area (Å²) in [5.41, 5.74) is 4.88. The zero-order valence-electron chi connectivity index (χ0n) is 6.46. The Balaban J connectivity index is 2.26. The lowest BCUT2D eigenvalue weighted by atomic mass is 9.75. The number of thiophene rings is 1. The molecule has 0 saturated heterocycles. The molecule has 0 spiro atoms. The summed E-state index contributed by atoms with van der Waals surface area (Å²) < 4.78 is 0. The standard InChI is InChI=1S/C8H10ClNOS/c9-6-1-2-12-7(6)8(11)3-5(10)4-8/h1-2,5,11H,3-4,10H2. The molecule has 2 nitrogen and oxygen atoms in total. The van der Waals surface area contributed by atoms with Gasteiger partial charge in [0.15, 0.2) is 0 Å². The smallest absolute Gasteiger partial charge is 0.103 e. The van der Waals surface area contributed by atoms with Crippen molar-refractivity contribution in [2.75, 3.05) is 0 Å². The molecule has 1 fully saturated rings. The molecule has 1 aromatic rings. The number of hydrogen-bond acceptors (Lipinski definition) is 3. The summed E-state index contributed by atoms with van der Waals surface area (Å²) in [7, 11) is 0. The number of hydrogen-bond donors (Lipinski definition) is 2. The molecule has 0 unspecified atom stereocenters. The third-order valence-corrected chi connectivity index (χ3v) is 3.77. The van der Waals surface area contributed by atoms with Gasteiger partial charge in [0.05, 0.1) is 9.90 Å². The van der Waals surface area contributed by atoms with Crippen molar-refractivity contribution < 1.29 is 5.11 Å². The minimum atomic E-state index is -0.731. The van der Waals surface area contributed by atoms with E-state index in [2.05, 4.69) is 0 Å². The first-order chi connectivity index (χ1) is 5.62. The molecule has 12 heavy (non-hydrogen) atoms. The topological polar surface area (TPSA) is 46.2 Å². The molecule has 0 radical (unpaired) electrons. The van der Waals surface area contributed by atoms with Crippen LogP contribution < -0.4 is 5.73 Å². The van der Waals surface area contributed by atoms with Gasteiger partial charge in [0.25, 0.3) is 0 Å². The van der Waals surface area contributed by atoms with Crippen LogP contribution in [0.15, 0.2) is 11.4 Å². The van der Waals surface area contributed by atoms with Crippen LogP contribution in [-0.2, 0) is 5.60 Å². The Morgan fingerprint density at radius 2 is 2.33 bits per heavy atom. The highest BCUT2D eigenvalue weighted by molar-refractivity contribution is 7.10. The van der Waals surface area contributed by atoms with E-state index in [0.29, 0.717) is 17.9 Å². The Morgan fingerprint density at radius 1 is 1.67 bits per heavy atom. The number of aliphatic hydroxyl groups is 1. The van der Waals surface area contributed by atoms with E-state index in [9.17, 15) is 5.11 Å². The molecule has 1 aromatic heterocycles. The van der Waals surface area contributed by atoms with Crippen LogP contribution in [0.2, 0.25) is 5.02 Å². The van der Waals surface area contributed by atoms with Crippen molar-refractivity contribution in [3.05, 3.63) is 21.3 Å². The number of nitrogens with two attached hydrogens (primary N) is 1. The lowest BCUT2D eigenvalue weighted by Gasteiger charge is -2.41. The maximum atomic E-state index is 9.97. The van der Waals surface area contributed by atoms with Crippen LogP contribution in [-0.4, -0.2) is 11.1 Å². The van der Waals surface area contributed by atoms with Crippen LogP contribution in [0.1, 0.15) is 17.7 Å². The summed E-state index contributed by atoms with van der Waals surface area (Å²) in [6.45, 7) is 0. The van der Waals surface area contributed by atoms with Gasteiger partial charge in [0, 0.05) is 6.04 Å². The molecule has 2 rings (SSSR count). The van der Waals surface area contributed by atoms with E-state index in [0.717, 1.165) is 4.88 Å². The number of rotatable bonds is 1. The van der Waals surface area contributed by atoms with E-state index in [-0.39, 0.29) is 6.04 Å². The van der Waals surface area contributed by atoms with Crippen LogP contribution in [0.5, 0.6) is 0 Å². The van der Waals surface area contributed by atoms with Crippen LogP contribution in [0.25, 0.3) is 0 Å². The van der Waals surface area contributed by atoms with Gasteiger partial charge in [-0.2, -0.15) is 0 Å². The maximum Gasteiger partial charge on any atom is 0.103 e. The predicted molar refractivity (Wildman–Crippen MR) is 50.4 cm³/mol. The van der Waals surface area contributed by atoms with Crippen molar-refractivity contribution in [1.82, 2.24) is 0 Å². The van der Waals surface area contributed by atoms with Crippen molar-refractivity contribution in [2.24, 2.45) is 5.73 Å². The number of halogens is 1. The van der Waals surface area contributed by atoms with E-state index < -0.39 is 5.60 Å². The van der Waals surface area contributed by atoms with E-state index in [4.69, 9.17) is 17.3 Å². The Bertz CT molecular complexity index is 293. The SMILES string of the molecule is NC1CC(O)(c2sccc2Cl)C1. The van der Waals surface area contributed by atoms with Crippen LogP contribution in [0, 0.1) is 0 Å². The van der Waals surface area contributed by atoms with Gasteiger partial charge in [0.2, 0.25) is 0 Å². The highest BCUT2D eigenvalue weighted by Gasteiger charge is 2.44. The molecular formula is C8H10ClNOS. The summed E-state index contributed by atoms with van der Waals surface area (Å²) in [5.74, 6) is 0. The molecule has 1 aliphatic rings. The Kier molecular flexibility index (Phi) is 1.92. The van der Waals surface area contributed by atoms with Gasteiger partial charge >= 0.3 is 0 Å². The summed E-state index contributed by atoms with van der Waals surface area (Å²) in [6.07, 6.45) is 1.26. The summed E-state index contributed by atoms with van der Waals surface area (Å²) in [4.78, 5) is 0.867. The van der Waals surface area contributed by atoms with Gasteiger partial charge in [-0.05, 0) is 24.3 Å². The van der Waals surface area contributed by atoms with Crippen molar-refractivity contribution in [3.8, 4) is 0 Å². The molecule has 0 atom stereocenters. The first-order valence-electron chi connectivity index (χ1n) is 3.83. The summed E-state index contributed by atoms with van der Waals surface area (Å²) in [5, 5.41) is 12.5. The molecule has 4 heteroatoms. The molecule has 3 N–H and O–H groups in total.